The quantitative estimate of drug-likeness (QED) is 0.188. The Balaban J connectivity index is 0. The molecule has 0 saturated carbocycles. The molecule has 0 aliphatic rings. The fraction of sp³-hybridized carbons (Fsp3) is 0.889. The number of nitrogens with one attached hydrogen (secondary N) is 3. The molecule has 0 bridgehead atoms. The summed E-state index contributed by atoms with van der Waals surface area (Å²) >= 11 is 0. The van der Waals surface area contributed by atoms with E-state index in [0.717, 1.165) is 32.0 Å². The molecule has 0 aliphatic heterocycles. The minimum Gasteiger partial charge on any atom is -0.357 e. The SMILES string of the molecule is CCNC(=NCCCN(C(C)C)C(C)C)NCCNC(=O)C(C)C.I. The summed E-state index contributed by atoms with van der Waals surface area (Å²) in [6, 6.07) is 1.12. The molecule has 6 nitrogen and oxygen atoms in total. The average molecular weight is 469 g/mol. The van der Waals surface area contributed by atoms with Gasteiger partial charge in [-0.3, -0.25) is 14.7 Å². The van der Waals surface area contributed by atoms with E-state index in [1.807, 2.05) is 13.8 Å². The van der Waals surface area contributed by atoms with Gasteiger partial charge in [0.1, 0.15) is 0 Å². The Morgan fingerprint density at radius 1 is 0.960 bits per heavy atom. The number of hydrogen-bond acceptors (Lipinski definition) is 3. The molecule has 0 unspecified atom stereocenters. The van der Waals surface area contributed by atoms with Crippen LogP contribution >= 0.6 is 24.0 Å². The molecule has 150 valence electrons. The third kappa shape index (κ3) is 13.3. The van der Waals surface area contributed by atoms with E-state index in [1.165, 1.54) is 0 Å². The highest BCUT2D eigenvalue weighted by Gasteiger charge is 2.12. The van der Waals surface area contributed by atoms with Crippen molar-refractivity contribution in [2.75, 3.05) is 32.7 Å². The first-order chi connectivity index (χ1) is 11.3. The molecular weight excluding hydrogens is 429 g/mol. The van der Waals surface area contributed by atoms with Gasteiger partial charge in [0.25, 0.3) is 0 Å². The van der Waals surface area contributed by atoms with Crippen LogP contribution in [0, 0.1) is 5.92 Å². The van der Waals surface area contributed by atoms with Gasteiger partial charge in [-0.05, 0) is 41.0 Å². The van der Waals surface area contributed by atoms with E-state index in [2.05, 4.69) is 60.5 Å². The second kappa shape index (κ2) is 15.7. The van der Waals surface area contributed by atoms with Crippen LogP contribution < -0.4 is 16.0 Å². The van der Waals surface area contributed by atoms with Crippen LogP contribution in [0.4, 0.5) is 0 Å². The number of nitrogens with zero attached hydrogens (tertiary/aromatic N) is 2. The molecule has 0 atom stereocenters. The molecule has 0 fully saturated rings. The van der Waals surface area contributed by atoms with Crippen LogP contribution in [-0.4, -0.2) is 61.6 Å². The predicted molar refractivity (Wildman–Crippen MR) is 119 cm³/mol. The molecule has 0 rings (SSSR count). The van der Waals surface area contributed by atoms with Crippen LogP contribution in [0.25, 0.3) is 0 Å². The highest BCUT2D eigenvalue weighted by molar-refractivity contribution is 14.0. The third-order valence-corrected chi connectivity index (χ3v) is 3.76. The number of hydrogen-bond donors (Lipinski definition) is 3. The van der Waals surface area contributed by atoms with Gasteiger partial charge in [0.2, 0.25) is 5.91 Å². The topological polar surface area (TPSA) is 68.8 Å². The summed E-state index contributed by atoms with van der Waals surface area (Å²) in [6.07, 6.45) is 1.04. The molecular formula is C18H40IN5O. The van der Waals surface area contributed by atoms with Crippen LogP contribution in [0.1, 0.15) is 54.9 Å². The van der Waals surface area contributed by atoms with Gasteiger partial charge in [0.15, 0.2) is 5.96 Å². The Kier molecular flexibility index (Phi) is 16.7. The van der Waals surface area contributed by atoms with Gasteiger partial charge in [-0.15, -0.1) is 24.0 Å². The summed E-state index contributed by atoms with van der Waals surface area (Å²) in [5, 5.41) is 9.39. The number of halogens is 1. The maximum Gasteiger partial charge on any atom is 0.222 e. The van der Waals surface area contributed by atoms with Crippen molar-refractivity contribution in [1.82, 2.24) is 20.9 Å². The molecule has 0 spiro atoms. The van der Waals surface area contributed by atoms with Crippen molar-refractivity contribution in [3.8, 4) is 0 Å². The number of carbonyl (C=O) groups is 1. The number of aliphatic imine (C=N–C) groups is 1. The van der Waals surface area contributed by atoms with Gasteiger partial charge in [0, 0.05) is 50.7 Å². The average Bonchev–Trinajstić information content (AvgIpc) is 2.49. The summed E-state index contributed by atoms with van der Waals surface area (Å²) < 4.78 is 0. The van der Waals surface area contributed by atoms with Gasteiger partial charge in [0.05, 0.1) is 0 Å². The van der Waals surface area contributed by atoms with E-state index < -0.39 is 0 Å². The monoisotopic (exact) mass is 469 g/mol. The standard InChI is InChI=1S/C18H39N5O.HI/c1-8-19-18(22-12-11-20-17(24)14(2)3)21-10-9-13-23(15(4)5)16(6)7;/h14-16H,8-13H2,1-7H3,(H,20,24)(H2,19,21,22);1H. The zero-order valence-electron chi connectivity index (χ0n) is 17.2. The molecule has 0 saturated heterocycles. The van der Waals surface area contributed by atoms with Crippen molar-refractivity contribution in [2.24, 2.45) is 10.9 Å². The Labute approximate surface area is 172 Å². The summed E-state index contributed by atoms with van der Waals surface area (Å²) in [6.45, 7) is 18.8. The lowest BCUT2D eigenvalue weighted by Crippen LogP contribution is -2.42. The molecule has 0 heterocycles. The number of amides is 1. The van der Waals surface area contributed by atoms with E-state index in [9.17, 15) is 4.79 Å². The third-order valence-electron chi connectivity index (χ3n) is 3.76. The summed E-state index contributed by atoms with van der Waals surface area (Å²) in [5.41, 5.74) is 0. The lowest BCUT2D eigenvalue weighted by Gasteiger charge is -2.30. The van der Waals surface area contributed by atoms with Crippen molar-refractivity contribution < 1.29 is 4.79 Å². The van der Waals surface area contributed by atoms with Gasteiger partial charge < -0.3 is 16.0 Å². The Morgan fingerprint density at radius 2 is 1.52 bits per heavy atom. The maximum absolute atomic E-state index is 11.5. The van der Waals surface area contributed by atoms with Crippen molar-refractivity contribution in [3.05, 3.63) is 0 Å². The van der Waals surface area contributed by atoms with Crippen molar-refractivity contribution >= 4 is 35.8 Å². The molecule has 0 aromatic rings. The normalized spacial score (nSPS) is 11.9. The van der Waals surface area contributed by atoms with Crippen LogP contribution in [0.5, 0.6) is 0 Å². The van der Waals surface area contributed by atoms with Crippen molar-refractivity contribution in [1.29, 1.82) is 0 Å². The smallest absolute Gasteiger partial charge is 0.222 e. The minimum atomic E-state index is 0. The van der Waals surface area contributed by atoms with Crippen LogP contribution in [0.15, 0.2) is 4.99 Å². The zero-order chi connectivity index (χ0) is 18.5. The predicted octanol–water partition coefficient (Wildman–Crippen LogP) is 2.44. The maximum atomic E-state index is 11.5. The highest BCUT2D eigenvalue weighted by atomic mass is 127. The molecule has 0 radical (unpaired) electrons. The van der Waals surface area contributed by atoms with Gasteiger partial charge in [-0.1, -0.05) is 13.8 Å². The Morgan fingerprint density at radius 3 is 2.00 bits per heavy atom. The largest absolute Gasteiger partial charge is 0.357 e. The second-order valence-corrected chi connectivity index (χ2v) is 6.91. The van der Waals surface area contributed by atoms with Crippen LogP contribution in [-0.2, 0) is 4.79 Å². The number of rotatable bonds is 11. The summed E-state index contributed by atoms with van der Waals surface area (Å²) in [5.74, 6) is 0.926. The number of carbonyl (C=O) groups excluding carboxylic acids is 1. The van der Waals surface area contributed by atoms with E-state index >= 15 is 0 Å². The first-order valence-corrected chi connectivity index (χ1v) is 9.35. The lowest BCUT2D eigenvalue weighted by atomic mass is 10.2. The van der Waals surface area contributed by atoms with E-state index in [4.69, 9.17) is 0 Å². The Hall–Kier alpha value is -0.570. The second-order valence-electron chi connectivity index (χ2n) is 6.91. The van der Waals surface area contributed by atoms with Crippen molar-refractivity contribution in [3.63, 3.8) is 0 Å². The zero-order valence-corrected chi connectivity index (χ0v) is 19.5. The van der Waals surface area contributed by atoms with Crippen molar-refractivity contribution in [2.45, 2.75) is 67.0 Å². The summed E-state index contributed by atoms with van der Waals surface area (Å²) in [7, 11) is 0. The van der Waals surface area contributed by atoms with Crippen LogP contribution in [0.3, 0.4) is 0 Å². The first-order valence-electron chi connectivity index (χ1n) is 9.35. The molecule has 0 aromatic carbocycles. The fourth-order valence-electron chi connectivity index (χ4n) is 2.47. The first kappa shape index (κ1) is 26.7. The molecule has 0 aliphatic carbocycles. The van der Waals surface area contributed by atoms with E-state index in [-0.39, 0.29) is 35.8 Å². The van der Waals surface area contributed by atoms with E-state index in [0.29, 0.717) is 25.2 Å². The molecule has 0 aromatic heterocycles. The molecule has 3 N–H and O–H groups in total. The number of guanidine groups is 1. The van der Waals surface area contributed by atoms with E-state index in [1.54, 1.807) is 0 Å². The molecule has 25 heavy (non-hydrogen) atoms. The molecule has 7 heteroatoms. The Bertz CT molecular complexity index is 364. The van der Waals surface area contributed by atoms with Crippen LogP contribution in [0.2, 0.25) is 0 Å². The lowest BCUT2D eigenvalue weighted by molar-refractivity contribution is -0.123. The van der Waals surface area contributed by atoms with Gasteiger partial charge >= 0.3 is 0 Å². The molecule has 1 amide bonds. The highest BCUT2D eigenvalue weighted by Crippen LogP contribution is 2.05. The fourth-order valence-corrected chi connectivity index (χ4v) is 2.47. The summed E-state index contributed by atoms with van der Waals surface area (Å²) in [4.78, 5) is 18.6. The minimum absolute atomic E-state index is 0. The van der Waals surface area contributed by atoms with Gasteiger partial charge in [-0.25, -0.2) is 0 Å². The van der Waals surface area contributed by atoms with Gasteiger partial charge in [-0.2, -0.15) is 0 Å².